The maximum absolute atomic E-state index is 9.20. The lowest BCUT2D eigenvalue weighted by molar-refractivity contribution is 0.132. The first-order valence-electron chi connectivity index (χ1n) is 11.2. The van der Waals surface area contributed by atoms with Crippen molar-refractivity contribution >= 4 is 5.95 Å². The molecule has 0 aliphatic rings. The molecule has 9 heteroatoms. The van der Waals surface area contributed by atoms with Crippen LogP contribution in [0.3, 0.4) is 0 Å². The number of hydrogen-bond donors (Lipinski definition) is 1. The zero-order valence-electron chi connectivity index (χ0n) is 19.5. The number of nitrogens with two attached hydrogens (primary N) is 1. The average Bonchev–Trinajstić information content (AvgIpc) is 3.38. The highest BCUT2D eigenvalue weighted by Crippen LogP contribution is 2.25. The standard InChI is InChI=1S/C27H22N8O/c1-36-26(19-8-3-2-4-9-19)22-12-6-11-21(30-22)16-35-17-25(33-34-35)24-14-23(31-27(29)32-24)20-10-5-7-18(13-20)15-28/h2-14,17,26H,16H2,1H3,(H2,29,31,32). The van der Waals surface area contributed by atoms with Crippen molar-refractivity contribution in [1.29, 1.82) is 5.26 Å². The number of methoxy groups -OCH3 is 1. The lowest BCUT2D eigenvalue weighted by Gasteiger charge is -2.16. The van der Waals surface area contributed by atoms with Gasteiger partial charge in [0.2, 0.25) is 5.95 Å². The molecule has 0 aliphatic heterocycles. The molecule has 2 aromatic carbocycles. The van der Waals surface area contributed by atoms with Crippen molar-refractivity contribution in [2.45, 2.75) is 12.6 Å². The summed E-state index contributed by atoms with van der Waals surface area (Å²) in [5, 5.41) is 17.7. The van der Waals surface area contributed by atoms with Crippen LogP contribution in [-0.2, 0) is 11.3 Å². The third-order valence-electron chi connectivity index (χ3n) is 5.59. The molecule has 176 valence electrons. The Morgan fingerprint density at radius 2 is 1.72 bits per heavy atom. The van der Waals surface area contributed by atoms with Gasteiger partial charge in [0.25, 0.3) is 0 Å². The molecule has 0 bridgehead atoms. The molecule has 5 aromatic rings. The molecule has 36 heavy (non-hydrogen) atoms. The van der Waals surface area contributed by atoms with E-state index >= 15 is 0 Å². The van der Waals surface area contributed by atoms with Gasteiger partial charge < -0.3 is 10.5 Å². The Hall–Kier alpha value is -4.94. The van der Waals surface area contributed by atoms with Crippen LogP contribution in [0, 0.1) is 11.3 Å². The molecule has 1 unspecified atom stereocenters. The monoisotopic (exact) mass is 474 g/mol. The predicted molar refractivity (Wildman–Crippen MR) is 134 cm³/mol. The van der Waals surface area contributed by atoms with Gasteiger partial charge in [-0.2, -0.15) is 5.26 Å². The van der Waals surface area contributed by atoms with Crippen LogP contribution in [0.5, 0.6) is 0 Å². The smallest absolute Gasteiger partial charge is 0.221 e. The molecule has 0 saturated heterocycles. The molecule has 0 radical (unpaired) electrons. The van der Waals surface area contributed by atoms with Crippen LogP contribution in [-0.4, -0.2) is 37.1 Å². The van der Waals surface area contributed by atoms with E-state index in [1.165, 1.54) is 0 Å². The maximum atomic E-state index is 9.20. The van der Waals surface area contributed by atoms with Crippen LogP contribution < -0.4 is 5.73 Å². The third kappa shape index (κ3) is 4.94. The Balaban J connectivity index is 1.39. The normalized spacial score (nSPS) is 11.7. The summed E-state index contributed by atoms with van der Waals surface area (Å²) in [4.78, 5) is 13.4. The Labute approximate surface area is 207 Å². The van der Waals surface area contributed by atoms with E-state index in [1.807, 2.05) is 54.6 Å². The van der Waals surface area contributed by atoms with E-state index in [0.29, 0.717) is 29.2 Å². The molecule has 0 amide bonds. The van der Waals surface area contributed by atoms with Crippen LogP contribution in [0.4, 0.5) is 5.95 Å². The summed E-state index contributed by atoms with van der Waals surface area (Å²) in [5.41, 5.74) is 11.6. The summed E-state index contributed by atoms with van der Waals surface area (Å²) in [6.45, 7) is 0.420. The van der Waals surface area contributed by atoms with Crippen molar-refractivity contribution in [2.75, 3.05) is 12.8 Å². The lowest BCUT2D eigenvalue weighted by Crippen LogP contribution is -2.09. The minimum absolute atomic E-state index is 0.111. The van der Waals surface area contributed by atoms with E-state index in [-0.39, 0.29) is 12.1 Å². The van der Waals surface area contributed by atoms with E-state index in [0.717, 1.165) is 22.5 Å². The van der Waals surface area contributed by atoms with Gasteiger partial charge in [0, 0.05) is 12.7 Å². The molecule has 0 fully saturated rings. The van der Waals surface area contributed by atoms with Crippen LogP contribution in [0.15, 0.2) is 85.1 Å². The van der Waals surface area contributed by atoms with Gasteiger partial charge in [-0.3, -0.25) is 4.98 Å². The van der Waals surface area contributed by atoms with E-state index in [2.05, 4.69) is 26.3 Å². The number of anilines is 1. The topological polar surface area (TPSA) is 128 Å². The van der Waals surface area contributed by atoms with Gasteiger partial charge in [0.05, 0.1) is 47.1 Å². The number of nitrogen functional groups attached to an aromatic ring is 1. The number of rotatable bonds is 7. The highest BCUT2D eigenvalue weighted by molar-refractivity contribution is 5.68. The second-order valence-electron chi connectivity index (χ2n) is 8.07. The largest absolute Gasteiger partial charge is 0.370 e. The van der Waals surface area contributed by atoms with E-state index in [9.17, 15) is 5.26 Å². The molecule has 2 N–H and O–H groups in total. The molecule has 0 saturated carbocycles. The number of pyridine rings is 1. The molecular formula is C27H22N8O. The molecular weight excluding hydrogens is 452 g/mol. The van der Waals surface area contributed by atoms with Crippen LogP contribution >= 0.6 is 0 Å². The van der Waals surface area contributed by atoms with E-state index < -0.39 is 0 Å². The van der Waals surface area contributed by atoms with Gasteiger partial charge in [0.15, 0.2) is 0 Å². The van der Waals surface area contributed by atoms with Gasteiger partial charge in [-0.05, 0) is 35.9 Å². The van der Waals surface area contributed by atoms with Gasteiger partial charge in [-0.1, -0.05) is 53.7 Å². The number of aromatic nitrogens is 6. The SMILES string of the molecule is COC(c1ccccc1)c1cccc(Cn2cc(-c3cc(-c4cccc(C#N)c4)nc(N)n3)nn2)n1. The minimum atomic E-state index is -0.264. The average molecular weight is 475 g/mol. The van der Waals surface area contributed by atoms with E-state index in [4.69, 9.17) is 15.5 Å². The van der Waals surface area contributed by atoms with Gasteiger partial charge >= 0.3 is 0 Å². The van der Waals surface area contributed by atoms with Crippen molar-refractivity contribution in [2.24, 2.45) is 0 Å². The van der Waals surface area contributed by atoms with Gasteiger partial charge in [-0.25, -0.2) is 14.6 Å². The second kappa shape index (κ2) is 10.1. The van der Waals surface area contributed by atoms with Gasteiger partial charge in [0.1, 0.15) is 11.8 Å². The fourth-order valence-corrected chi connectivity index (χ4v) is 3.94. The van der Waals surface area contributed by atoms with Gasteiger partial charge in [-0.15, -0.1) is 5.10 Å². The second-order valence-corrected chi connectivity index (χ2v) is 8.07. The number of hydrogen-bond acceptors (Lipinski definition) is 8. The lowest BCUT2D eigenvalue weighted by atomic mass is 10.1. The maximum Gasteiger partial charge on any atom is 0.221 e. The zero-order chi connectivity index (χ0) is 24.9. The Morgan fingerprint density at radius 3 is 2.53 bits per heavy atom. The highest BCUT2D eigenvalue weighted by Gasteiger charge is 2.16. The summed E-state index contributed by atoms with van der Waals surface area (Å²) < 4.78 is 7.42. The number of benzene rings is 2. The van der Waals surface area contributed by atoms with Crippen molar-refractivity contribution < 1.29 is 4.74 Å². The van der Waals surface area contributed by atoms with E-state index in [1.54, 1.807) is 42.3 Å². The summed E-state index contributed by atoms with van der Waals surface area (Å²) in [6, 6.07) is 26.9. The molecule has 0 spiro atoms. The number of nitrogens with zero attached hydrogens (tertiary/aromatic N) is 7. The van der Waals surface area contributed by atoms with Crippen LogP contribution in [0.1, 0.15) is 28.6 Å². The fraction of sp³-hybridized carbons (Fsp3) is 0.111. The fourth-order valence-electron chi connectivity index (χ4n) is 3.94. The summed E-state index contributed by atoms with van der Waals surface area (Å²) in [5.74, 6) is 0.111. The van der Waals surface area contributed by atoms with Crippen LogP contribution in [0.25, 0.3) is 22.6 Å². The first-order valence-corrected chi connectivity index (χ1v) is 11.2. The summed E-state index contributed by atoms with van der Waals surface area (Å²) in [7, 11) is 1.67. The van der Waals surface area contributed by atoms with Crippen molar-refractivity contribution in [3.8, 4) is 28.7 Å². The third-order valence-corrected chi connectivity index (χ3v) is 5.59. The number of ether oxygens (including phenoxy) is 1. The molecule has 3 aromatic heterocycles. The Bertz CT molecular complexity index is 1540. The quantitative estimate of drug-likeness (QED) is 0.374. The van der Waals surface area contributed by atoms with Crippen LogP contribution in [0.2, 0.25) is 0 Å². The number of nitriles is 1. The zero-order valence-corrected chi connectivity index (χ0v) is 19.5. The molecule has 9 nitrogen and oxygen atoms in total. The van der Waals surface area contributed by atoms with Crippen molar-refractivity contribution in [3.63, 3.8) is 0 Å². The molecule has 3 heterocycles. The minimum Gasteiger partial charge on any atom is -0.370 e. The molecule has 0 aliphatic carbocycles. The summed E-state index contributed by atoms with van der Waals surface area (Å²) >= 11 is 0. The summed E-state index contributed by atoms with van der Waals surface area (Å²) in [6.07, 6.45) is 1.52. The molecule has 1 atom stereocenters. The first-order chi connectivity index (χ1) is 17.6. The van der Waals surface area contributed by atoms with Crippen molar-refractivity contribution in [1.82, 2.24) is 29.9 Å². The Kier molecular flexibility index (Phi) is 6.42. The predicted octanol–water partition coefficient (Wildman–Crippen LogP) is 4.04. The molecule has 5 rings (SSSR count). The highest BCUT2D eigenvalue weighted by atomic mass is 16.5. The Morgan fingerprint density at radius 1 is 0.917 bits per heavy atom. The first kappa shape index (κ1) is 22.8. The van der Waals surface area contributed by atoms with Crippen molar-refractivity contribution in [3.05, 3.63) is 108 Å².